The minimum Gasteiger partial charge on any atom is -0.361 e. The highest BCUT2D eigenvalue weighted by atomic mass is 35.5. The Kier molecular flexibility index (Phi) is 7.38. The second-order valence-electron chi connectivity index (χ2n) is 9.39. The first-order valence-electron chi connectivity index (χ1n) is 12.5. The van der Waals surface area contributed by atoms with Crippen molar-refractivity contribution in [3.8, 4) is 6.07 Å². The van der Waals surface area contributed by atoms with E-state index in [1.165, 1.54) is 23.1 Å². The van der Waals surface area contributed by atoms with Crippen molar-refractivity contribution in [2.75, 3.05) is 13.1 Å². The maximum absolute atomic E-state index is 13.6. The van der Waals surface area contributed by atoms with Crippen molar-refractivity contribution in [3.63, 3.8) is 0 Å². The molecule has 36 heavy (non-hydrogen) atoms. The van der Waals surface area contributed by atoms with Crippen LogP contribution in [0.3, 0.4) is 0 Å². The van der Waals surface area contributed by atoms with Crippen LogP contribution in [0.2, 0.25) is 5.02 Å². The first kappa shape index (κ1) is 24.5. The number of aromatic amines is 1. The Labute approximate surface area is 216 Å². The van der Waals surface area contributed by atoms with Gasteiger partial charge in [0.05, 0.1) is 28.8 Å². The van der Waals surface area contributed by atoms with E-state index in [1.807, 2.05) is 42.5 Å². The number of ether oxygens (including phenoxy) is 1. The lowest BCUT2D eigenvalue weighted by Crippen LogP contribution is -2.27. The highest BCUT2D eigenvalue weighted by molar-refractivity contribution is 6.35. The lowest BCUT2D eigenvalue weighted by atomic mass is 9.81. The Balaban J connectivity index is 1.15. The third-order valence-corrected chi connectivity index (χ3v) is 7.45. The lowest BCUT2D eigenvalue weighted by Gasteiger charge is -2.30. The normalized spacial score (nSPS) is 16.8. The largest absolute Gasteiger partial charge is 0.361 e. The van der Waals surface area contributed by atoms with Gasteiger partial charge in [-0.1, -0.05) is 41.9 Å². The van der Waals surface area contributed by atoms with Gasteiger partial charge in [0.25, 0.3) is 0 Å². The van der Waals surface area contributed by atoms with Gasteiger partial charge in [-0.15, -0.1) is 0 Å². The number of hydrogen-bond donors (Lipinski definition) is 2. The van der Waals surface area contributed by atoms with Crippen LogP contribution in [0.4, 0.5) is 4.39 Å². The molecular weight excluding hydrogens is 473 g/mol. The van der Waals surface area contributed by atoms with Crippen LogP contribution in [-0.2, 0) is 23.4 Å². The van der Waals surface area contributed by atoms with Crippen molar-refractivity contribution in [2.24, 2.45) is 0 Å². The molecule has 0 amide bonds. The maximum Gasteiger partial charge on any atom is 0.123 e. The molecule has 6 heteroatoms. The van der Waals surface area contributed by atoms with E-state index >= 15 is 0 Å². The molecule has 0 aliphatic carbocycles. The Morgan fingerprint density at radius 2 is 1.89 bits per heavy atom. The van der Waals surface area contributed by atoms with Crippen molar-refractivity contribution >= 4 is 22.5 Å². The Bertz CT molecular complexity index is 1390. The van der Waals surface area contributed by atoms with Crippen molar-refractivity contribution in [2.45, 2.75) is 44.3 Å². The topological polar surface area (TPSA) is 60.8 Å². The quantitative estimate of drug-likeness (QED) is 0.230. The Morgan fingerprint density at radius 3 is 2.72 bits per heavy atom. The molecule has 0 spiro atoms. The highest BCUT2D eigenvalue weighted by Gasteiger charge is 2.41. The molecular formula is C30H29ClFN3O. The molecule has 184 valence electrons. The van der Waals surface area contributed by atoms with Crippen LogP contribution >= 0.6 is 11.6 Å². The average Bonchev–Trinajstić information content (AvgIpc) is 3.48. The van der Waals surface area contributed by atoms with Crippen molar-refractivity contribution in [3.05, 3.63) is 106 Å². The summed E-state index contributed by atoms with van der Waals surface area (Å²) in [5.41, 5.74) is 5.42. The third kappa shape index (κ3) is 4.90. The fraction of sp³-hybridized carbons (Fsp3) is 0.300. The van der Waals surface area contributed by atoms with Crippen LogP contribution in [0.5, 0.6) is 0 Å². The van der Waals surface area contributed by atoms with Gasteiger partial charge in [0.1, 0.15) is 11.4 Å². The molecule has 2 heterocycles. The molecule has 4 nitrogen and oxygen atoms in total. The molecule has 1 aromatic heterocycles. The summed E-state index contributed by atoms with van der Waals surface area (Å²) in [6, 6.07) is 20.6. The van der Waals surface area contributed by atoms with Crippen LogP contribution in [0.15, 0.2) is 66.9 Å². The van der Waals surface area contributed by atoms with Crippen LogP contribution < -0.4 is 5.32 Å². The number of nitrogens with zero attached hydrogens (tertiary/aromatic N) is 1. The van der Waals surface area contributed by atoms with Crippen LogP contribution in [-0.4, -0.2) is 18.1 Å². The minimum atomic E-state index is -0.604. The summed E-state index contributed by atoms with van der Waals surface area (Å²) in [5.74, 6) is -0.258. The maximum atomic E-state index is 13.6. The molecule has 1 atom stereocenters. The van der Waals surface area contributed by atoms with Crippen LogP contribution in [0, 0.1) is 17.1 Å². The average molecular weight is 502 g/mol. The Hall–Kier alpha value is -3.17. The number of para-hydroxylation sites is 1. The standard InChI is InChI=1S/C30H29ClFN3O/c31-28-7-3-6-26-22(19-35-29(26)28)5-4-16-34-15-2-1-14-30(24-9-11-25(32)12-10-24)27-13-8-21(18-33)17-23(27)20-36-30/h3,6-13,17,19,34-35H,1-2,4-5,14-16,20H2. The SMILES string of the molecule is N#Cc1ccc2c(c1)COC2(CCCCNCCCc1c[nH]c2c(Cl)cccc12)c1ccc(F)cc1. The molecule has 0 bridgehead atoms. The van der Waals surface area contributed by atoms with Gasteiger partial charge >= 0.3 is 0 Å². The zero-order chi connectivity index (χ0) is 25.0. The summed E-state index contributed by atoms with van der Waals surface area (Å²) < 4.78 is 20.0. The van der Waals surface area contributed by atoms with Crippen LogP contribution in [0.1, 0.15) is 53.5 Å². The number of aromatic nitrogens is 1. The zero-order valence-electron chi connectivity index (χ0n) is 20.1. The summed E-state index contributed by atoms with van der Waals surface area (Å²) in [6.07, 6.45) is 6.89. The fourth-order valence-corrected chi connectivity index (χ4v) is 5.53. The molecule has 0 fully saturated rings. The molecule has 1 aliphatic rings. The number of H-pyrrole nitrogens is 1. The summed E-state index contributed by atoms with van der Waals surface area (Å²) >= 11 is 6.27. The van der Waals surface area contributed by atoms with E-state index in [1.54, 1.807) is 0 Å². The second-order valence-corrected chi connectivity index (χ2v) is 9.80. The number of unbranched alkanes of at least 4 members (excludes halogenated alkanes) is 1. The predicted molar refractivity (Wildman–Crippen MR) is 141 cm³/mol. The number of nitriles is 1. The van der Waals surface area contributed by atoms with E-state index in [4.69, 9.17) is 16.3 Å². The van der Waals surface area contributed by atoms with E-state index < -0.39 is 5.60 Å². The lowest BCUT2D eigenvalue weighted by molar-refractivity contribution is -0.0133. The molecule has 0 saturated heterocycles. The van der Waals surface area contributed by atoms with E-state index in [0.717, 1.165) is 72.4 Å². The number of aryl methyl sites for hydroxylation is 1. The molecule has 2 N–H and O–H groups in total. The van der Waals surface area contributed by atoms with Gasteiger partial charge in [0.2, 0.25) is 0 Å². The molecule has 4 aromatic rings. The van der Waals surface area contributed by atoms with Gasteiger partial charge in [0, 0.05) is 11.6 Å². The number of benzene rings is 3. The third-order valence-electron chi connectivity index (χ3n) is 7.14. The predicted octanol–water partition coefficient (Wildman–Crippen LogP) is 7.00. The van der Waals surface area contributed by atoms with Gasteiger partial charge in [-0.25, -0.2) is 4.39 Å². The van der Waals surface area contributed by atoms with Gasteiger partial charge in [-0.05, 0) is 97.8 Å². The Morgan fingerprint density at radius 1 is 1.06 bits per heavy atom. The molecule has 1 unspecified atom stereocenters. The van der Waals surface area contributed by atoms with Crippen LogP contribution in [0.25, 0.3) is 10.9 Å². The summed E-state index contributed by atoms with van der Waals surface area (Å²) in [5, 5.41) is 14.8. The number of fused-ring (bicyclic) bond motifs is 2. The smallest absolute Gasteiger partial charge is 0.123 e. The number of halogens is 2. The number of rotatable bonds is 10. The van der Waals surface area contributed by atoms with Crippen molar-refractivity contribution < 1.29 is 9.13 Å². The number of hydrogen-bond acceptors (Lipinski definition) is 3. The molecule has 3 aromatic carbocycles. The summed E-state index contributed by atoms with van der Waals surface area (Å²) in [6.45, 7) is 2.34. The number of nitrogens with one attached hydrogen (secondary N) is 2. The van der Waals surface area contributed by atoms with E-state index in [-0.39, 0.29) is 5.82 Å². The summed E-state index contributed by atoms with van der Waals surface area (Å²) in [7, 11) is 0. The molecule has 0 radical (unpaired) electrons. The van der Waals surface area contributed by atoms with E-state index in [0.29, 0.717) is 12.2 Å². The monoisotopic (exact) mass is 501 g/mol. The van der Waals surface area contributed by atoms with Crippen molar-refractivity contribution in [1.82, 2.24) is 10.3 Å². The first-order chi connectivity index (χ1) is 17.6. The molecule has 5 rings (SSSR count). The van der Waals surface area contributed by atoms with Gasteiger partial charge in [0.15, 0.2) is 0 Å². The van der Waals surface area contributed by atoms with E-state index in [9.17, 15) is 9.65 Å². The first-order valence-corrected chi connectivity index (χ1v) is 12.9. The van der Waals surface area contributed by atoms with E-state index in [2.05, 4.69) is 28.6 Å². The van der Waals surface area contributed by atoms with Gasteiger partial charge in [-0.3, -0.25) is 0 Å². The molecule has 1 aliphatic heterocycles. The fourth-order valence-electron chi connectivity index (χ4n) is 5.30. The zero-order valence-corrected chi connectivity index (χ0v) is 20.9. The minimum absolute atomic E-state index is 0.258. The van der Waals surface area contributed by atoms with Crippen molar-refractivity contribution in [1.29, 1.82) is 5.26 Å². The summed E-state index contributed by atoms with van der Waals surface area (Å²) in [4.78, 5) is 3.28. The second kappa shape index (κ2) is 10.8. The molecule has 0 saturated carbocycles. The highest BCUT2D eigenvalue weighted by Crippen LogP contribution is 2.45. The van der Waals surface area contributed by atoms with Gasteiger partial charge < -0.3 is 15.0 Å². The van der Waals surface area contributed by atoms with Gasteiger partial charge in [-0.2, -0.15) is 5.26 Å².